The van der Waals surface area contributed by atoms with Crippen LogP contribution in [0.25, 0.3) is 0 Å². The fraction of sp³-hybridized carbons (Fsp3) is 0.500. The lowest BCUT2D eigenvalue weighted by Gasteiger charge is -2.21. The Bertz CT molecular complexity index is 556. The van der Waals surface area contributed by atoms with Gasteiger partial charge < -0.3 is 15.4 Å². The first-order valence-corrected chi connectivity index (χ1v) is 8.02. The highest BCUT2D eigenvalue weighted by molar-refractivity contribution is 14.0. The Morgan fingerprint density at radius 2 is 1.87 bits per heavy atom. The first kappa shape index (κ1) is 18.1. The number of ether oxygens (including phenoxy) is 1. The minimum atomic E-state index is 0. The normalized spacial score (nSPS) is 19.1. The highest BCUT2D eigenvalue weighted by Crippen LogP contribution is 2.47. The number of nitrogens with one attached hydrogen (secondary N) is 2. The number of benzene rings is 1. The van der Waals surface area contributed by atoms with Crippen LogP contribution in [0.15, 0.2) is 41.4 Å². The topological polar surface area (TPSA) is 45.7 Å². The van der Waals surface area contributed by atoms with Gasteiger partial charge in [0.25, 0.3) is 0 Å². The van der Waals surface area contributed by atoms with E-state index < -0.39 is 0 Å². The lowest BCUT2D eigenvalue weighted by molar-refractivity contribution is 0.414. The monoisotopic (exact) mass is 427 g/mol. The first-order chi connectivity index (χ1) is 10.8. The van der Waals surface area contributed by atoms with Crippen molar-refractivity contribution in [1.82, 2.24) is 10.6 Å². The predicted molar refractivity (Wildman–Crippen MR) is 106 cm³/mol. The van der Waals surface area contributed by atoms with E-state index in [1.165, 1.54) is 18.4 Å². The summed E-state index contributed by atoms with van der Waals surface area (Å²) in [4.78, 5) is 4.35. The van der Waals surface area contributed by atoms with E-state index in [4.69, 9.17) is 4.74 Å². The Hall–Kier alpha value is -1.24. The summed E-state index contributed by atoms with van der Waals surface area (Å²) in [6.45, 7) is 0.930. The van der Waals surface area contributed by atoms with Crippen molar-refractivity contribution in [2.24, 2.45) is 4.99 Å². The van der Waals surface area contributed by atoms with Crippen LogP contribution in [0.5, 0.6) is 5.75 Å². The summed E-state index contributed by atoms with van der Waals surface area (Å²) in [5.74, 6) is 1.83. The molecule has 0 atom stereocenters. The van der Waals surface area contributed by atoms with Crippen molar-refractivity contribution >= 4 is 29.9 Å². The minimum Gasteiger partial charge on any atom is -0.497 e. The van der Waals surface area contributed by atoms with Gasteiger partial charge in [-0.1, -0.05) is 24.3 Å². The standard InChI is InChI=1S/C18H25N3O.HI/c1-19-17(21-15-5-3-4-6-15)20-13-18(11-12-18)14-7-9-16(22-2)10-8-14;/h3-4,7-10,15H,5-6,11-13H2,1-2H3,(H2,19,20,21);1H. The van der Waals surface area contributed by atoms with E-state index in [0.717, 1.165) is 31.1 Å². The van der Waals surface area contributed by atoms with Crippen LogP contribution in [0.1, 0.15) is 31.2 Å². The fourth-order valence-corrected chi connectivity index (χ4v) is 3.04. The SMILES string of the molecule is CN=C(NCC1(c2ccc(OC)cc2)CC1)NC1CC=CC1.I. The van der Waals surface area contributed by atoms with Gasteiger partial charge in [-0.25, -0.2) is 0 Å². The maximum Gasteiger partial charge on any atom is 0.191 e. The maximum atomic E-state index is 5.24. The van der Waals surface area contributed by atoms with Gasteiger partial charge in [0.15, 0.2) is 5.96 Å². The summed E-state index contributed by atoms with van der Waals surface area (Å²) in [6.07, 6.45) is 9.09. The van der Waals surface area contributed by atoms with Gasteiger partial charge in [0.1, 0.15) is 5.75 Å². The third-order valence-electron chi connectivity index (χ3n) is 4.72. The molecule has 23 heavy (non-hydrogen) atoms. The summed E-state index contributed by atoms with van der Waals surface area (Å²) in [6, 6.07) is 8.96. The van der Waals surface area contributed by atoms with E-state index in [9.17, 15) is 0 Å². The number of halogens is 1. The van der Waals surface area contributed by atoms with Gasteiger partial charge in [-0.3, -0.25) is 4.99 Å². The van der Waals surface area contributed by atoms with Gasteiger partial charge in [0, 0.05) is 25.0 Å². The second kappa shape index (κ2) is 8.04. The number of hydrogen-bond acceptors (Lipinski definition) is 2. The van der Waals surface area contributed by atoms with Crippen LogP contribution in [0.4, 0.5) is 0 Å². The molecule has 2 aliphatic carbocycles. The van der Waals surface area contributed by atoms with Crippen molar-refractivity contribution in [3.8, 4) is 5.75 Å². The van der Waals surface area contributed by atoms with Gasteiger partial charge in [-0.05, 0) is 43.4 Å². The quantitative estimate of drug-likeness (QED) is 0.328. The third kappa shape index (κ3) is 4.40. The highest BCUT2D eigenvalue weighted by atomic mass is 127. The van der Waals surface area contributed by atoms with E-state index in [-0.39, 0.29) is 29.4 Å². The summed E-state index contributed by atoms with van der Waals surface area (Å²) >= 11 is 0. The van der Waals surface area contributed by atoms with Crippen LogP contribution >= 0.6 is 24.0 Å². The van der Waals surface area contributed by atoms with Gasteiger partial charge in [-0.2, -0.15) is 0 Å². The molecule has 0 saturated heterocycles. The van der Waals surface area contributed by atoms with E-state index in [0.29, 0.717) is 6.04 Å². The maximum absolute atomic E-state index is 5.24. The molecule has 0 aromatic heterocycles. The summed E-state index contributed by atoms with van der Waals surface area (Å²) < 4.78 is 5.24. The van der Waals surface area contributed by atoms with Crippen molar-refractivity contribution < 1.29 is 4.74 Å². The van der Waals surface area contributed by atoms with Crippen LogP contribution in [0.2, 0.25) is 0 Å². The first-order valence-electron chi connectivity index (χ1n) is 8.02. The van der Waals surface area contributed by atoms with E-state index >= 15 is 0 Å². The lowest BCUT2D eigenvalue weighted by atomic mass is 9.96. The Balaban J connectivity index is 0.00000192. The van der Waals surface area contributed by atoms with Crippen molar-refractivity contribution in [2.75, 3.05) is 20.7 Å². The van der Waals surface area contributed by atoms with Gasteiger partial charge in [-0.15, -0.1) is 24.0 Å². The largest absolute Gasteiger partial charge is 0.497 e. The molecule has 0 aliphatic heterocycles. The van der Waals surface area contributed by atoms with E-state index in [1.807, 2.05) is 19.2 Å². The minimum absolute atomic E-state index is 0. The van der Waals surface area contributed by atoms with Crippen LogP contribution in [-0.4, -0.2) is 32.7 Å². The predicted octanol–water partition coefficient (Wildman–Crippen LogP) is 3.23. The third-order valence-corrected chi connectivity index (χ3v) is 4.72. The molecular formula is C18H26IN3O. The Labute approximate surface area is 155 Å². The van der Waals surface area contributed by atoms with Crippen LogP contribution < -0.4 is 15.4 Å². The van der Waals surface area contributed by atoms with Crippen molar-refractivity contribution in [3.63, 3.8) is 0 Å². The zero-order chi connectivity index (χ0) is 15.4. The van der Waals surface area contributed by atoms with Gasteiger partial charge in [0.2, 0.25) is 0 Å². The lowest BCUT2D eigenvalue weighted by Crippen LogP contribution is -2.45. The molecule has 1 aromatic carbocycles. The van der Waals surface area contributed by atoms with Gasteiger partial charge >= 0.3 is 0 Å². The second-order valence-corrected chi connectivity index (χ2v) is 6.22. The molecule has 0 radical (unpaired) electrons. The molecule has 2 aliphatic rings. The molecule has 0 bridgehead atoms. The Kier molecular flexibility index (Phi) is 6.33. The average molecular weight is 427 g/mol. The molecule has 3 rings (SSSR count). The molecule has 5 heteroatoms. The number of guanidine groups is 1. The molecular weight excluding hydrogens is 401 g/mol. The zero-order valence-corrected chi connectivity index (χ0v) is 16.2. The van der Waals surface area contributed by atoms with Gasteiger partial charge in [0.05, 0.1) is 7.11 Å². The summed E-state index contributed by atoms with van der Waals surface area (Å²) in [7, 11) is 3.54. The average Bonchev–Trinajstić information content (AvgIpc) is 3.19. The molecule has 4 nitrogen and oxygen atoms in total. The molecule has 0 amide bonds. The number of rotatable bonds is 5. The van der Waals surface area contributed by atoms with E-state index in [2.05, 4.69) is 39.9 Å². The Morgan fingerprint density at radius 1 is 1.22 bits per heavy atom. The Morgan fingerprint density at radius 3 is 2.39 bits per heavy atom. The molecule has 1 fully saturated rings. The molecule has 0 heterocycles. The molecule has 1 saturated carbocycles. The van der Waals surface area contributed by atoms with Crippen molar-refractivity contribution in [2.45, 2.75) is 37.1 Å². The number of aliphatic imine (C=N–C) groups is 1. The molecule has 126 valence electrons. The van der Waals surface area contributed by atoms with Crippen molar-refractivity contribution in [1.29, 1.82) is 0 Å². The van der Waals surface area contributed by atoms with Crippen LogP contribution in [0.3, 0.4) is 0 Å². The fourth-order valence-electron chi connectivity index (χ4n) is 3.04. The van der Waals surface area contributed by atoms with Crippen molar-refractivity contribution in [3.05, 3.63) is 42.0 Å². The molecule has 0 spiro atoms. The summed E-state index contributed by atoms with van der Waals surface area (Å²) in [5, 5.41) is 7.00. The number of hydrogen-bond donors (Lipinski definition) is 2. The summed E-state index contributed by atoms with van der Waals surface area (Å²) in [5.41, 5.74) is 1.65. The molecule has 2 N–H and O–H groups in total. The molecule has 0 unspecified atom stereocenters. The zero-order valence-electron chi connectivity index (χ0n) is 13.8. The highest BCUT2D eigenvalue weighted by Gasteiger charge is 2.44. The number of nitrogens with zero attached hydrogens (tertiary/aromatic N) is 1. The smallest absolute Gasteiger partial charge is 0.191 e. The van der Waals surface area contributed by atoms with Crippen LogP contribution in [0, 0.1) is 0 Å². The van der Waals surface area contributed by atoms with E-state index in [1.54, 1.807) is 7.11 Å². The number of methoxy groups -OCH3 is 1. The molecule has 1 aromatic rings. The second-order valence-electron chi connectivity index (χ2n) is 6.22. The van der Waals surface area contributed by atoms with Crippen LogP contribution in [-0.2, 0) is 5.41 Å².